The van der Waals surface area contributed by atoms with Gasteiger partial charge in [0.25, 0.3) is 5.91 Å². The lowest BCUT2D eigenvalue weighted by atomic mass is 10.1. The van der Waals surface area contributed by atoms with Crippen LogP contribution in [0.3, 0.4) is 0 Å². The van der Waals surface area contributed by atoms with Crippen molar-refractivity contribution in [2.45, 2.75) is 13.3 Å². The summed E-state index contributed by atoms with van der Waals surface area (Å²) in [5, 5.41) is 6.44. The van der Waals surface area contributed by atoms with Crippen molar-refractivity contribution >= 4 is 50.4 Å². The van der Waals surface area contributed by atoms with Crippen LogP contribution in [0.1, 0.15) is 22.2 Å². The van der Waals surface area contributed by atoms with Crippen molar-refractivity contribution in [2.75, 3.05) is 11.9 Å². The summed E-state index contributed by atoms with van der Waals surface area (Å²) < 4.78 is 1.12. The predicted molar refractivity (Wildman–Crippen MR) is 120 cm³/mol. The van der Waals surface area contributed by atoms with Gasteiger partial charge >= 0.3 is 0 Å². The average molecular weight is 422 g/mol. The molecule has 4 rings (SSSR count). The summed E-state index contributed by atoms with van der Waals surface area (Å²) in [5.74, 6) is -0.511. The summed E-state index contributed by atoms with van der Waals surface area (Å²) in [4.78, 5) is 30.8. The SMILES string of the molecule is CCc1ccccc1NC(=O)CNC(=O)c1ccc(-c2nc3ccccc3s2)s1. The molecule has 0 aliphatic rings. The Hall–Kier alpha value is -3.03. The number of nitrogens with one attached hydrogen (secondary N) is 2. The lowest BCUT2D eigenvalue weighted by Gasteiger charge is -2.10. The number of thiazole rings is 1. The number of carbonyl (C=O) groups excluding carboxylic acids is 2. The van der Waals surface area contributed by atoms with Crippen molar-refractivity contribution in [3.8, 4) is 9.88 Å². The molecule has 7 heteroatoms. The molecule has 0 aliphatic heterocycles. The molecule has 0 unspecified atom stereocenters. The van der Waals surface area contributed by atoms with Gasteiger partial charge in [-0.25, -0.2) is 4.98 Å². The Bertz CT molecular complexity index is 1150. The first-order valence-electron chi connectivity index (χ1n) is 9.26. The van der Waals surface area contributed by atoms with E-state index in [-0.39, 0.29) is 18.4 Å². The zero-order valence-corrected chi connectivity index (χ0v) is 17.4. The first-order valence-corrected chi connectivity index (χ1v) is 10.9. The third-order valence-corrected chi connectivity index (χ3v) is 6.71. The number of benzene rings is 2. The van der Waals surface area contributed by atoms with Gasteiger partial charge in [0.15, 0.2) is 0 Å². The van der Waals surface area contributed by atoms with E-state index >= 15 is 0 Å². The van der Waals surface area contributed by atoms with Gasteiger partial charge in [-0.15, -0.1) is 22.7 Å². The molecule has 2 heterocycles. The number of hydrogen-bond acceptors (Lipinski definition) is 5. The summed E-state index contributed by atoms with van der Waals surface area (Å²) in [6.07, 6.45) is 0.826. The highest BCUT2D eigenvalue weighted by atomic mass is 32.1. The van der Waals surface area contributed by atoms with Crippen molar-refractivity contribution in [3.63, 3.8) is 0 Å². The van der Waals surface area contributed by atoms with Crippen LogP contribution in [0.25, 0.3) is 20.1 Å². The van der Waals surface area contributed by atoms with Gasteiger partial charge in [0.1, 0.15) is 5.01 Å². The number of carbonyl (C=O) groups is 2. The predicted octanol–water partition coefficient (Wildman–Crippen LogP) is 4.96. The first kappa shape index (κ1) is 19.3. The summed E-state index contributed by atoms with van der Waals surface area (Å²) in [7, 11) is 0. The number of aryl methyl sites for hydroxylation is 1. The number of aromatic nitrogens is 1. The van der Waals surface area contributed by atoms with E-state index in [2.05, 4.69) is 15.6 Å². The van der Waals surface area contributed by atoms with E-state index in [1.165, 1.54) is 11.3 Å². The van der Waals surface area contributed by atoms with Gasteiger partial charge in [-0.3, -0.25) is 9.59 Å². The van der Waals surface area contributed by atoms with Gasteiger partial charge in [0, 0.05) is 5.69 Å². The molecule has 5 nitrogen and oxygen atoms in total. The zero-order valence-electron chi connectivity index (χ0n) is 15.8. The van der Waals surface area contributed by atoms with E-state index in [1.54, 1.807) is 17.4 Å². The highest BCUT2D eigenvalue weighted by Crippen LogP contribution is 2.34. The highest BCUT2D eigenvalue weighted by Gasteiger charge is 2.14. The summed E-state index contributed by atoms with van der Waals surface area (Å²) in [6.45, 7) is 1.96. The van der Waals surface area contributed by atoms with Gasteiger partial charge in [-0.05, 0) is 42.3 Å². The van der Waals surface area contributed by atoms with Crippen LogP contribution in [0.5, 0.6) is 0 Å². The van der Waals surface area contributed by atoms with Gasteiger partial charge in [0.05, 0.1) is 26.5 Å². The second-order valence-electron chi connectivity index (χ2n) is 6.39. The van der Waals surface area contributed by atoms with Crippen molar-refractivity contribution in [3.05, 3.63) is 71.1 Å². The third-order valence-electron chi connectivity index (χ3n) is 4.42. The first-order chi connectivity index (χ1) is 14.1. The average Bonchev–Trinajstić information content (AvgIpc) is 3.39. The molecule has 29 heavy (non-hydrogen) atoms. The maximum absolute atomic E-state index is 12.4. The quantitative estimate of drug-likeness (QED) is 0.462. The van der Waals surface area contributed by atoms with E-state index in [1.807, 2.05) is 61.5 Å². The van der Waals surface area contributed by atoms with Crippen LogP contribution < -0.4 is 10.6 Å². The Morgan fingerprint density at radius 3 is 2.59 bits per heavy atom. The van der Waals surface area contributed by atoms with Crippen LogP contribution in [0.4, 0.5) is 5.69 Å². The van der Waals surface area contributed by atoms with Crippen LogP contribution >= 0.6 is 22.7 Å². The van der Waals surface area contributed by atoms with Crippen LogP contribution in [0, 0.1) is 0 Å². The van der Waals surface area contributed by atoms with Gasteiger partial charge in [0.2, 0.25) is 5.91 Å². The Labute approximate surface area is 176 Å². The minimum Gasteiger partial charge on any atom is -0.342 e. The van der Waals surface area contributed by atoms with Crippen LogP contribution in [-0.2, 0) is 11.2 Å². The van der Waals surface area contributed by atoms with E-state index in [4.69, 9.17) is 0 Å². The maximum Gasteiger partial charge on any atom is 0.261 e. The standard InChI is InChI=1S/C22H19N3O2S2/c1-2-14-7-3-4-8-15(14)24-20(26)13-23-21(27)18-11-12-19(28-18)22-25-16-9-5-6-10-17(16)29-22/h3-12H,2,13H2,1H3,(H,23,27)(H,24,26). The van der Waals surface area contributed by atoms with E-state index in [9.17, 15) is 9.59 Å². The minimum atomic E-state index is -0.263. The molecule has 0 atom stereocenters. The van der Waals surface area contributed by atoms with Gasteiger partial charge in [-0.1, -0.05) is 37.3 Å². The molecule has 2 amide bonds. The van der Waals surface area contributed by atoms with Gasteiger partial charge in [-0.2, -0.15) is 0 Å². The molecule has 2 aromatic carbocycles. The van der Waals surface area contributed by atoms with Crippen molar-refractivity contribution in [2.24, 2.45) is 0 Å². The fourth-order valence-electron chi connectivity index (χ4n) is 2.95. The summed E-state index contributed by atoms with van der Waals surface area (Å²) in [6, 6.07) is 19.3. The Morgan fingerprint density at radius 2 is 1.76 bits per heavy atom. The van der Waals surface area contributed by atoms with Crippen molar-refractivity contribution < 1.29 is 9.59 Å². The van der Waals surface area contributed by atoms with Gasteiger partial charge < -0.3 is 10.6 Å². The van der Waals surface area contributed by atoms with E-state index < -0.39 is 0 Å². The Kier molecular flexibility index (Phi) is 5.69. The fraction of sp³-hybridized carbons (Fsp3) is 0.136. The molecular weight excluding hydrogens is 402 g/mol. The number of hydrogen-bond donors (Lipinski definition) is 2. The smallest absolute Gasteiger partial charge is 0.261 e. The molecule has 0 spiro atoms. The second-order valence-corrected chi connectivity index (χ2v) is 8.51. The summed E-state index contributed by atoms with van der Waals surface area (Å²) >= 11 is 2.98. The molecule has 0 bridgehead atoms. The Balaban J connectivity index is 1.38. The molecule has 0 saturated carbocycles. The number of amides is 2. The number of para-hydroxylation sites is 2. The monoisotopic (exact) mass is 421 g/mol. The van der Waals surface area contributed by atoms with Crippen LogP contribution in [-0.4, -0.2) is 23.3 Å². The van der Waals surface area contributed by atoms with Crippen LogP contribution in [0.2, 0.25) is 0 Å². The topological polar surface area (TPSA) is 71.1 Å². The lowest BCUT2D eigenvalue weighted by Crippen LogP contribution is -2.32. The van der Waals surface area contributed by atoms with Crippen LogP contribution in [0.15, 0.2) is 60.7 Å². The molecule has 2 N–H and O–H groups in total. The molecule has 0 fully saturated rings. The molecule has 0 saturated heterocycles. The molecule has 0 aliphatic carbocycles. The van der Waals surface area contributed by atoms with Crippen molar-refractivity contribution in [1.29, 1.82) is 0 Å². The normalized spacial score (nSPS) is 10.8. The molecule has 2 aromatic heterocycles. The molecule has 4 aromatic rings. The second kappa shape index (κ2) is 8.55. The Morgan fingerprint density at radius 1 is 0.966 bits per heavy atom. The van der Waals surface area contributed by atoms with E-state index in [0.717, 1.165) is 37.8 Å². The third kappa shape index (κ3) is 4.36. The molecule has 0 radical (unpaired) electrons. The number of nitrogens with zero attached hydrogens (tertiary/aromatic N) is 1. The molecule has 146 valence electrons. The highest BCUT2D eigenvalue weighted by molar-refractivity contribution is 7.26. The number of fused-ring (bicyclic) bond motifs is 1. The molecular formula is C22H19N3O2S2. The maximum atomic E-state index is 12.4. The fourth-order valence-corrected chi connectivity index (χ4v) is 4.89. The largest absolute Gasteiger partial charge is 0.342 e. The number of anilines is 1. The summed E-state index contributed by atoms with van der Waals surface area (Å²) in [5.41, 5.74) is 2.80. The van der Waals surface area contributed by atoms with E-state index in [0.29, 0.717) is 4.88 Å². The van der Waals surface area contributed by atoms with Crippen molar-refractivity contribution in [1.82, 2.24) is 10.3 Å². The zero-order chi connectivity index (χ0) is 20.2. The number of rotatable bonds is 6. The number of thiophene rings is 1. The lowest BCUT2D eigenvalue weighted by molar-refractivity contribution is -0.115. The minimum absolute atomic E-state index is 0.0781.